The van der Waals surface area contributed by atoms with Gasteiger partial charge >= 0.3 is 11.8 Å². The van der Waals surface area contributed by atoms with Gasteiger partial charge in [-0.1, -0.05) is 40.2 Å². The molecule has 9 heteroatoms. The van der Waals surface area contributed by atoms with Crippen LogP contribution in [0.5, 0.6) is 5.75 Å². The Hall–Kier alpha value is -4.11. The van der Waals surface area contributed by atoms with Gasteiger partial charge in [-0.2, -0.15) is 0 Å². The highest BCUT2D eigenvalue weighted by Gasteiger charge is 2.21. The third-order valence-corrected chi connectivity index (χ3v) is 5.27. The Morgan fingerprint density at radius 1 is 0.818 bits per heavy atom. The predicted molar refractivity (Wildman–Crippen MR) is 130 cm³/mol. The van der Waals surface area contributed by atoms with Gasteiger partial charge in [0.2, 0.25) is 0 Å². The number of ether oxygens (including phenoxy) is 1. The van der Waals surface area contributed by atoms with E-state index in [9.17, 15) is 14.4 Å². The van der Waals surface area contributed by atoms with Gasteiger partial charge in [0.25, 0.3) is 5.91 Å². The van der Waals surface area contributed by atoms with E-state index in [0.717, 1.165) is 4.47 Å². The SMILES string of the molecule is COc1cccc(NC(=O)C(=O)Nn2c(C(=O)Nc3ccccc3)cc3cc(Br)ccc32)c1. The van der Waals surface area contributed by atoms with Gasteiger partial charge in [-0.05, 0) is 48.5 Å². The van der Waals surface area contributed by atoms with Crippen molar-refractivity contribution in [3.63, 3.8) is 0 Å². The number of fused-ring (bicyclic) bond motifs is 1. The molecule has 4 rings (SSSR count). The van der Waals surface area contributed by atoms with E-state index in [1.165, 1.54) is 11.8 Å². The summed E-state index contributed by atoms with van der Waals surface area (Å²) in [7, 11) is 1.51. The van der Waals surface area contributed by atoms with E-state index in [1.54, 1.807) is 66.7 Å². The maximum Gasteiger partial charge on any atom is 0.328 e. The molecule has 0 aliphatic heterocycles. The molecule has 4 aromatic rings. The zero-order valence-corrected chi connectivity index (χ0v) is 19.0. The average molecular weight is 507 g/mol. The zero-order chi connectivity index (χ0) is 23.4. The molecule has 0 saturated heterocycles. The van der Waals surface area contributed by atoms with Gasteiger partial charge in [-0.3, -0.25) is 19.8 Å². The number of para-hydroxylation sites is 1. The summed E-state index contributed by atoms with van der Waals surface area (Å²) in [5.41, 5.74) is 4.24. The van der Waals surface area contributed by atoms with Gasteiger partial charge in [0.05, 0.1) is 12.6 Å². The number of nitrogens with zero attached hydrogens (tertiary/aromatic N) is 1. The second kappa shape index (κ2) is 9.58. The number of amides is 3. The van der Waals surface area contributed by atoms with Crippen LogP contribution in [0.3, 0.4) is 0 Å². The van der Waals surface area contributed by atoms with Gasteiger partial charge in [0, 0.05) is 27.3 Å². The van der Waals surface area contributed by atoms with Crippen LogP contribution in [-0.4, -0.2) is 29.5 Å². The second-order valence-corrected chi connectivity index (χ2v) is 7.93. The fourth-order valence-corrected chi connectivity index (χ4v) is 3.61. The van der Waals surface area contributed by atoms with Gasteiger partial charge in [0.1, 0.15) is 11.4 Å². The summed E-state index contributed by atoms with van der Waals surface area (Å²) >= 11 is 3.41. The second-order valence-electron chi connectivity index (χ2n) is 7.02. The van der Waals surface area contributed by atoms with E-state index in [4.69, 9.17) is 4.74 Å². The largest absolute Gasteiger partial charge is 0.497 e. The Kier molecular flexibility index (Phi) is 6.41. The molecule has 0 unspecified atom stereocenters. The smallest absolute Gasteiger partial charge is 0.328 e. The number of rotatable bonds is 5. The van der Waals surface area contributed by atoms with Crippen LogP contribution < -0.4 is 20.8 Å². The molecule has 33 heavy (non-hydrogen) atoms. The third kappa shape index (κ3) is 5.04. The van der Waals surface area contributed by atoms with Crippen LogP contribution >= 0.6 is 15.9 Å². The van der Waals surface area contributed by atoms with Crippen molar-refractivity contribution in [2.45, 2.75) is 0 Å². The van der Waals surface area contributed by atoms with Gasteiger partial charge in [0.15, 0.2) is 0 Å². The first-order valence-electron chi connectivity index (χ1n) is 9.88. The summed E-state index contributed by atoms with van der Waals surface area (Å²) in [6.45, 7) is 0. The molecule has 0 bridgehead atoms. The van der Waals surface area contributed by atoms with Gasteiger partial charge < -0.3 is 15.4 Å². The number of halogens is 1. The van der Waals surface area contributed by atoms with Gasteiger partial charge in [-0.15, -0.1) is 0 Å². The summed E-state index contributed by atoms with van der Waals surface area (Å²) in [5.74, 6) is -1.74. The van der Waals surface area contributed by atoms with Crippen LogP contribution in [0.1, 0.15) is 10.5 Å². The fraction of sp³-hybridized carbons (Fsp3) is 0.0417. The number of hydrogen-bond acceptors (Lipinski definition) is 4. The number of aromatic nitrogens is 1. The minimum Gasteiger partial charge on any atom is -0.497 e. The molecule has 1 aromatic heterocycles. The number of anilines is 2. The van der Waals surface area contributed by atoms with Crippen molar-refractivity contribution in [1.29, 1.82) is 0 Å². The number of hydrogen-bond donors (Lipinski definition) is 3. The van der Waals surface area contributed by atoms with Gasteiger partial charge in [-0.25, -0.2) is 4.68 Å². The molecule has 0 radical (unpaired) electrons. The number of carbonyl (C=O) groups excluding carboxylic acids is 3. The topological polar surface area (TPSA) is 101 Å². The number of benzene rings is 3. The highest BCUT2D eigenvalue weighted by molar-refractivity contribution is 9.10. The zero-order valence-electron chi connectivity index (χ0n) is 17.5. The highest BCUT2D eigenvalue weighted by atomic mass is 79.9. The fourth-order valence-electron chi connectivity index (χ4n) is 3.23. The normalized spacial score (nSPS) is 10.5. The van der Waals surface area contributed by atoms with Crippen LogP contribution in [0.25, 0.3) is 10.9 Å². The lowest BCUT2D eigenvalue weighted by atomic mass is 10.2. The first-order valence-corrected chi connectivity index (χ1v) is 10.7. The molecule has 0 fully saturated rings. The summed E-state index contributed by atoms with van der Waals surface area (Å²) in [5, 5.41) is 6.02. The maximum atomic E-state index is 13.0. The molecule has 3 aromatic carbocycles. The number of carbonyl (C=O) groups is 3. The number of nitrogens with one attached hydrogen (secondary N) is 3. The summed E-state index contributed by atoms with van der Waals surface area (Å²) in [6, 6.07) is 22.5. The minimum atomic E-state index is -0.938. The van der Waals surface area contributed by atoms with Crippen molar-refractivity contribution >= 4 is 55.9 Å². The van der Waals surface area contributed by atoms with Crippen LogP contribution in [0.4, 0.5) is 11.4 Å². The maximum absolute atomic E-state index is 13.0. The van der Waals surface area contributed by atoms with Crippen molar-refractivity contribution < 1.29 is 19.1 Å². The Morgan fingerprint density at radius 2 is 1.58 bits per heavy atom. The van der Waals surface area contributed by atoms with Crippen molar-refractivity contribution in [2.75, 3.05) is 23.2 Å². The van der Waals surface area contributed by atoms with Crippen LogP contribution in [-0.2, 0) is 9.59 Å². The molecule has 0 atom stereocenters. The van der Waals surface area contributed by atoms with Crippen LogP contribution in [0, 0.1) is 0 Å². The van der Waals surface area contributed by atoms with E-state index in [0.29, 0.717) is 28.0 Å². The predicted octanol–water partition coefficient (Wildman–Crippen LogP) is 4.37. The van der Waals surface area contributed by atoms with Crippen molar-refractivity contribution in [3.8, 4) is 5.75 Å². The first kappa shape index (κ1) is 22.1. The summed E-state index contributed by atoms with van der Waals surface area (Å²) < 4.78 is 7.24. The van der Waals surface area contributed by atoms with E-state index in [-0.39, 0.29) is 5.69 Å². The molecule has 0 spiro atoms. The van der Waals surface area contributed by atoms with E-state index >= 15 is 0 Å². The molecule has 0 saturated carbocycles. The molecule has 1 heterocycles. The monoisotopic (exact) mass is 506 g/mol. The lowest BCUT2D eigenvalue weighted by molar-refractivity contribution is -0.133. The molecule has 0 aliphatic carbocycles. The van der Waals surface area contributed by atoms with E-state index in [1.807, 2.05) is 12.1 Å². The minimum absolute atomic E-state index is 0.162. The van der Waals surface area contributed by atoms with Crippen molar-refractivity contribution in [2.24, 2.45) is 0 Å². The lowest BCUT2D eigenvalue weighted by Crippen LogP contribution is -2.36. The molecule has 0 aliphatic rings. The van der Waals surface area contributed by atoms with Crippen molar-refractivity contribution in [1.82, 2.24) is 4.68 Å². The van der Waals surface area contributed by atoms with Crippen LogP contribution in [0.2, 0.25) is 0 Å². The molecule has 3 N–H and O–H groups in total. The van der Waals surface area contributed by atoms with E-state index in [2.05, 4.69) is 32.0 Å². The third-order valence-electron chi connectivity index (χ3n) is 4.78. The lowest BCUT2D eigenvalue weighted by Gasteiger charge is -2.13. The summed E-state index contributed by atoms with van der Waals surface area (Å²) in [6.07, 6.45) is 0. The van der Waals surface area contributed by atoms with Crippen LogP contribution in [0.15, 0.2) is 83.3 Å². The molecule has 3 amide bonds. The first-order chi connectivity index (χ1) is 15.9. The Labute approximate surface area is 197 Å². The Balaban J connectivity index is 1.61. The number of methoxy groups -OCH3 is 1. The highest BCUT2D eigenvalue weighted by Crippen LogP contribution is 2.24. The van der Waals surface area contributed by atoms with Crippen molar-refractivity contribution in [3.05, 3.63) is 89.0 Å². The summed E-state index contributed by atoms with van der Waals surface area (Å²) in [4.78, 5) is 38.2. The molecular weight excluding hydrogens is 488 g/mol. The standard InChI is InChI=1S/C24H19BrN4O4/c1-33-19-9-5-8-18(14-19)27-23(31)24(32)28-29-20-11-10-16(25)12-15(20)13-21(29)22(30)26-17-6-3-2-4-7-17/h2-14H,1H3,(H,26,30)(H,27,31)(H,28,32). The Morgan fingerprint density at radius 3 is 2.33 bits per heavy atom. The average Bonchev–Trinajstić information content (AvgIpc) is 3.17. The molecular formula is C24H19BrN4O4. The van der Waals surface area contributed by atoms with E-state index < -0.39 is 17.7 Å². The molecule has 8 nitrogen and oxygen atoms in total. The molecule has 166 valence electrons. The Bertz CT molecular complexity index is 1350. The quantitative estimate of drug-likeness (QED) is 0.349.